The molecular formula is C70H132O6. The van der Waals surface area contributed by atoms with Crippen LogP contribution in [0.4, 0.5) is 0 Å². The first-order valence-electron chi connectivity index (χ1n) is 34.3. The lowest BCUT2D eigenvalue weighted by Crippen LogP contribution is -2.30. The number of hydrogen-bond acceptors (Lipinski definition) is 6. The quantitative estimate of drug-likeness (QED) is 0.0261. The van der Waals surface area contributed by atoms with Crippen molar-refractivity contribution in [2.24, 2.45) is 0 Å². The van der Waals surface area contributed by atoms with Gasteiger partial charge in [0.2, 0.25) is 0 Å². The Hall–Kier alpha value is -2.11. The summed E-state index contributed by atoms with van der Waals surface area (Å²) in [6.45, 7) is 6.70. The highest BCUT2D eigenvalue weighted by atomic mass is 16.6. The molecule has 0 N–H and O–H groups in total. The van der Waals surface area contributed by atoms with E-state index in [9.17, 15) is 14.4 Å². The third kappa shape index (κ3) is 62.7. The molecule has 0 bridgehead atoms. The van der Waals surface area contributed by atoms with Gasteiger partial charge >= 0.3 is 17.9 Å². The number of allylic oxidation sites excluding steroid dienone is 4. The van der Waals surface area contributed by atoms with Gasteiger partial charge in [0.15, 0.2) is 6.10 Å². The molecule has 0 rings (SSSR count). The average molecular weight is 1070 g/mol. The molecule has 0 aliphatic rings. The van der Waals surface area contributed by atoms with Gasteiger partial charge in [-0.3, -0.25) is 14.4 Å². The molecule has 76 heavy (non-hydrogen) atoms. The average Bonchev–Trinajstić information content (AvgIpc) is 3.42. The van der Waals surface area contributed by atoms with Crippen LogP contribution in [0.1, 0.15) is 387 Å². The molecule has 6 heteroatoms. The molecule has 0 spiro atoms. The molecular weight excluding hydrogens is 937 g/mol. The van der Waals surface area contributed by atoms with Crippen LogP contribution in [0.2, 0.25) is 0 Å². The molecule has 0 aromatic carbocycles. The fraction of sp³-hybridized carbons (Fsp3) is 0.900. The highest BCUT2D eigenvalue weighted by Crippen LogP contribution is 2.18. The summed E-state index contributed by atoms with van der Waals surface area (Å²) in [6, 6.07) is 0. The van der Waals surface area contributed by atoms with Crippen LogP contribution >= 0.6 is 0 Å². The minimum atomic E-state index is -0.774. The van der Waals surface area contributed by atoms with Gasteiger partial charge in [0.05, 0.1) is 0 Å². The molecule has 0 saturated carbocycles. The Bertz CT molecular complexity index is 1230. The van der Waals surface area contributed by atoms with E-state index < -0.39 is 6.10 Å². The van der Waals surface area contributed by atoms with Gasteiger partial charge in [-0.1, -0.05) is 321 Å². The maximum Gasteiger partial charge on any atom is 0.306 e. The fourth-order valence-corrected chi connectivity index (χ4v) is 10.5. The van der Waals surface area contributed by atoms with Crippen molar-refractivity contribution in [1.82, 2.24) is 0 Å². The Balaban J connectivity index is 4.26. The van der Waals surface area contributed by atoms with Crippen LogP contribution in [-0.4, -0.2) is 37.2 Å². The number of esters is 3. The molecule has 0 saturated heterocycles. The van der Waals surface area contributed by atoms with Crippen molar-refractivity contribution in [2.75, 3.05) is 13.2 Å². The molecule has 0 fully saturated rings. The van der Waals surface area contributed by atoms with E-state index in [0.717, 1.165) is 64.2 Å². The smallest absolute Gasteiger partial charge is 0.306 e. The van der Waals surface area contributed by atoms with Crippen LogP contribution in [0.25, 0.3) is 0 Å². The number of rotatable bonds is 64. The van der Waals surface area contributed by atoms with Crippen LogP contribution in [0, 0.1) is 0 Å². The van der Waals surface area contributed by atoms with Crippen LogP contribution in [0.15, 0.2) is 24.3 Å². The normalized spacial score (nSPS) is 12.1. The molecule has 0 amide bonds. The molecule has 0 radical (unpaired) electrons. The molecule has 6 nitrogen and oxygen atoms in total. The minimum absolute atomic E-state index is 0.0693. The van der Waals surface area contributed by atoms with Crippen LogP contribution < -0.4 is 0 Å². The first-order chi connectivity index (χ1) is 37.5. The third-order valence-corrected chi connectivity index (χ3v) is 15.7. The largest absolute Gasteiger partial charge is 0.462 e. The molecule has 1 unspecified atom stereocenters. The minimum Gasteiger partial charge on any atom is -0.462 e. The fourth-order valence-electron chi connectivity index (χ4n) is 10.5. The number of carbonyl (C=O) groups is 3. The summed E-state index contributed by atoms with van der Waals surface area (Å²) in [4.78, 5) is 38.4. The summed E-state index contributed by atoms with van der Waals surface area (Å²) in [5.74, 6) is -0.851. The summed E-state index contributed by atoms with van der Waals surface area (Å²) in [5.41, 5.74) is 0. The van der Waals surface area contributed by atoms with Crippen molar-refractivity contribution in [2.45, 2.75) is 393 Å². The van der Waals surface area contributed by atoms with Gasteiger partial charge in [-0.2, -0.15) is 0 Å². The third-order valence-electron chi connectivity index (χ3n) is 15.7. The van der Waals surface area contributed by atoms with Gasteiger partial charge in [0, 0.05) is 19.3 Å². The topological polar surface area (TPSA) is 78.9 Å². The van der Waals surface area contributed by atoms with Gasteiger partial charge in [0.25, 0.3) is 0 Å². The van der Waals surface area contributed by atoms with E-state index in [2.05, 4.69) is 45.1 Å². The molecule has 0 aromatic heterocycles. The molecule has 0 aliphatic carbocycles. The highest BCUT2D eigenvalue weighted by molar-refractivity contribution is 5.71. The lowest BCUT2D eigenvalue weighted by molar-refractivity contribution is -0.167. The maximum atomic E-state index is 12.9. The zero-order valence-electron chi connectivity index (χ0n) is 51.6. The number of ether oxygens (including phenoxy) is 3. The molecule has 0 aliphatic heterocycles. The lowest BCUT2D eigenvalue weighted by atomic mass is 10.0. The lowest BCUT2D eigenvalue weighted by Gasteiger charge is -2.18. The molecule has 448 valence electrons. The van der Waals surface area contributed by atoms with Crippen molar-refractivity contribution in [3.63, 3.8) is 0 Å². The molecule has 0 heterocycles. The van der Waals surface area contributed by atoms with Gasteiger partial charge in [-0.25, -0.2) is 0 Å². The second kappa shape index (κ2) is 65.4. The summed E-state index contributed by atoms with van der Waals surface area (Å²) >= 11 is 0. The Labute approximate surface area is 474 Å². The second-order valence-electron chi connectivity index (χ2n) is 23.4. The molecule has 1 atom stereocenters. The summed E-state index contributed by atoms with van der Waals surface area (Å²) in [7, 11) is 0. The van der Waals surface area contributed by atoms with E-state index in [-0.39, 0.29) is 31.1 Å². The number of carbonyl (C=O) groups excluding carboxylic acids is 3. The van der Waals surface area contributed by atoms with Crippen LogP contribution in [-0.2, 0) is 28.6 Å². The van der Waals surface area contributed by atoms with Crippen LogP contribution in [0.3, 0.4) is 0 Å². The molecule has 0 aromatic rings. The van der Waals surface area contributed by atoms with E-state index in [1.165, 1.54) is 283 Å². The van der Waals surface area contributed by atoms with Crippen molar-refractivity contribution in [1.29, 1.82) is 0 Å². The van der Waals surface area contributed by atoms with Crippen molar-refractivity contribution < 1.29 is 28.6 Å². The summed E-state index contributed by atoms with van der Waals surface area (Å²) in [6.07, 6.45) is 79.1. The monoisotopic (exact) mass is 1070 g/mol. The van der Waals surface area contributed by atoms with E-state index in [4.69, 9.17) is 14.2 Å². The number of unbranched alkanes of at least 4 members (excludes halogenated alkanes) is 49. The zero-order valence-corrected chi connectivity index (χ0v) is 51.6. The van der Waals surface area contributed by atoms with Gasteiger partial charge < -0.3 is 14.2 Å². The predicted molar refractivity (Wildman–Crippen MR) is 330 cm³/mol. The van der Waals surface area contributed by atoms with Crippen molar-refractivity contribution in [3.8, 4) is 0 Å². The van der Waals surface area contributed by atoms with Crippen LogP contribution in [0.5, 0.6) is 0 Å². The Kier molecular flexibility index (Phi) is 63.6. The van der Waals surface area contributed by atoms with Gasteiger partial charge in [-0.15, -0.1) is 0 Å². The summed E-state index contributed by atoms with van der Waals surface area (Å²) in [5, 5.41) is 0. The zero-order chi connectivity index (χ0) is 55.0. The van der Waals surface area contributed by atoms with E-state index >= 15 is 0 Å². The van der Waals surface area contributed by atoms with Gasteiger partial charge in [0.1, 0.15) is 13.2 Å². The predicted octanol–water partition coefficient (Wildman–Crippen LogP) is 23.4. The van der Waals surface area contributed by atoms with Crippen molar-refractivity contribution >= 4 is 17.9 Å². The standard InChI is InChI=1S/C70H132O6/c1-4-7-10-13-16-19-22-25-28-30-32-33-34-35-36-38-39-42-45-48-51-54-57-60-63-69(72)75-66-67(65-74-68(71)62-59-56-53-50-47-44-41-27-24-21-18-15-12-9-6-3)76-70(73)64-61-58-55-52-49-46-43-40-37-31-29-26-23-20-17-14-11-8-5-2/h26-27,29,41,67H,4-25,28,30-40,42-66H2,1-3H3/b29-26-,41-27-. The second-order valence-corrected chi connectivity index (χ2v) is 23.4. The van der Waals surface area contributed by atoms with Crippen molar-refractivity contribution in [3.05, 3.63) is 24.3 Å². The summed E-state index contributed by atoms with van der Waals surface area (Å²) < 4.78 is 17.0. The van der Waals surface area contributed by atoms with E-state index in [1.807, 2.05) is 0 Å². The Morgan fingerprint density at radius 1 is 0.250 bits per heavy atom. The Morgan fingerprint density at radius 3 is 0.658 bits per heavy atom. The maximum absolute atomic E-state index is 12.9. The number of hydrogen-bond donors (Lipinski definition) is 0. The highest BCUT2D eigenvalue weighted by Gasteiger charge is 2.19. The van der Waals surface area contributed by atoms with E-state index in [1.54, 1.807) is 0 Å². The van der Waals surface area contributed by atoms with E-state index in [0.29, 0.717) is 19.3 Å². The first-order valence-corrected chi connectivity index (χ1v) is 34.3. The first kappa shape index (κ1) is 73.9. The Morgan fingerprint density at radius 2 is 0.434 bits per heavy atom. The van der Waals surface area contributed by atoms with Gasteiger partial charge in [-0.05, 0) is 70.6 Å². The SMILES string of the molecule is CCCCCCCC/C=C\CCCCCCCCCCCC(=O)OC(COC(=O)CCCCCCC/C=C\CCCCCCCC)COC(=O)CCCCCCCCCCCCCCCCCCCCCCCCCC.